The first kappa shape index (κ1) is 14.2. The zero-order valence-electron chi connectivity index (χ0n) is 12.0. The number of carboxylic acids is 1. The molecule has 2 aromatic rings. The lowest BCUT2D eigenvalue weighted by Crippen LogP contribution is -2.23. The van der Waals surface area contributed by atoms with Gasteiger partial charge in [-0.1, -0.05) is 23.8 Å². The van der Waals surface area contributed by atoms with Gasteiger partial charge in [0.15, 0.2) is 5.82 Å². The summed E-state index contributed by atoms with van der Waals surface area (Å²) in [7, 11) is 0. The Morgan fingerprint density at radius 1 is 1.30 bits per heavy atom. The molecule has 2 unspecified atom stereocenters. The second-order valence-electron chi connectivity index (χ2n) is 5.13. The van der Waals surface area contributed by atoms with Crippen LogP contribution in [0.3, 0.4) is 0 Å². The Balaban J connectivity index is 2.45. The molecular formula is C14H18N4O2. The number of nitrogens with zero attached hydrogens (tertiary/aromatic N) is 4. The molecule has 0 fully saturated rings. The Kier molecular flexibility index (Phi) is 3.83. The second kappa shape index (κ2) is 5.40. The lowest BCUT2D eigenvalue weighted by atomic mass is 10.0. The Labute approximate surface area is 117 Å². The van der Waals surface area contributed by atoms with Gasteiger partial charge in [-0.2, -0.15) is 0 Å². The third-order valence-electron chi connectivity index (χ3n) is 3.61. The molecule has 1 aromatic heterocycles. The summed E-state index contributed by atoms with van der Waals surface area (Å²) in [5.74, 6) is -0.828. The third kappa shape index (κ3) is 2.54. The van der Waals surface area contributed by atoms with Crippen molar-refractivity contribution in [2.24, 2.45) is 5.92 Å². The van der Waals surface area contributed by atoms with Crippen molar-refractivity contribution < 1.29 is 9.90 Å². The Morgan fingerprint density at radius 2 is 2.00 bits per heavy atom. The van der Waals surface area contributed by atoms with Crippen molar-refractivity contribution >= 4 is 5.97 Å². The molecule has 6 heteroatoms. The topological polar surface area (TPSA) is 80.9 Å². The van der Waals surface area contributed by atoms with Crippen molar-refractivity contribution in [1.82, 2.24) is 20.2 Å². The molecule has 106 valence electrons. The summed E-state index contributed by atoms with van der Waals surface area (Å²) in [6.45, 7) is 7.48. The molecule has 0 saturated carbocycles. The van der Waals surface area contributed by atoms with E-state index in [1.165, 1.54) is 0 Å². The summed E-state index contributed by atoms with van der Waals surface area (Å²) in [6, 6.07) is 5.69. The number of hydrogen-bond acceptors (Lipinski definition) is 4. The fourth-order valence-electron chi connectivity index (χ4n) is 2.13. The highest BCUT2D eigenvalue weighted by molar-refractivity contribution is 5.70. The van der Waals surface area contributed by atoms with Gasteiger partial charge in [-0.05, 0) is 43.7 Å². The van der Waals surface area contributed by atoms with Crippen molar-refractivity contribution in [3.63, 3.8) is 0 Å². The van der Waals surface area contributed by atoms with Gasteiger partial charge in [-0.15, -0.1) is 5.10 Å². The molecule has 1 heterocycles. The van der Waals surface area contributed by atoms with Crippen molar-refractivity contribution in [3.05, 3.63) is 29.3 Å². The monoisotopic (exact) mass is 274 g/mol. The molecule has 0 bridgehead atoms. The number of hydrogen-bond donors (Lipinski definition) is 1. The van der Waals surface area contributed by atoms with Crippen LogP contribution in [0.25, 0.3) is 11.4 Å². The van der Waals surface area contributed by atoms with Gasteiger partial charge in [0.2, 0.25) is 0 Å². The molecule has 1 N–H and O–H groups in total. The molecule has 1 aromatic carbocycles. The molecule has 0 saturated heterocycles. The van der Waals surface area contributed by atoms with E-state index in [0.29, 0.717) is 5.82 Å². The first-order valence-corrected chi connectivity index (χ1v) is 6.50. The number of benzene rings is 1. The zero-order valence-corrected chi connectivity index (χ0v) is 12.0. The normalized spacial score (nSPS) is 14.0. The molecule has 2 rings (SSSR count). The minimum atomic E-state index is -0.862. The smallest absolute Gasteiger partial charge is 0.308 e. The molecular weight excluding hydrogens is 256 g/mol. The summed E-state index contributed by atoms with van der Waals surface area (Å²) in [5, 5.41) is 20.8. The van der Waals surface area contributed by atoms with E-state index in [4.69, 9.17) is 5.11 Å². The van der Waals surface area contributed by atoms with E-state index >= 15 is 0 Å². The van der Waals surface area contributed by atoms with Crippen LogP contribution in [0, 0.1) is 19.8 Å². The van der Waals surface area contributed by atoms with Crippen molar-refractivity contribution in [1.29, 1.82) is 0 Å². The van der Waals surface area contributed by atoms with Crippen LogP contribution in [-0.2, 0) is 4.79 Å². The number of tetrazole rings is 1. The number of aryl methyl sites for hydroxylation is 2. The number of rotatable bonds is 4. The lowest BCUT2D eigenvalue weighted by Gasteiger charge is -2.18. The maximum atomic E-state index is 11.1. The van der Waals surface area contributed by atoms with Crippen LogP contribution >= 0.6 is 0 Å². The molecule has 0 spiro atoms. The lowest BCUT2D eigenvalue weighted by molar-refractivity contribution is -0.142. The molecule has 0 aliphatic heterocycles. The summed E-state index contributed by atoms with van der Waals surface area (Å²) >= 11 is 0. The number of aliphatic carboxylic acids is 1. The van der Waals surface area contributed by atoms with Gasteiger partial charge >= 0.3 is 5.97 Å². The van der Waals surface area contributed by atoms with Crippen molar-refractivity contribution in [2.45, 2.75) is 33.7 Å². The number of aromatic nitrogens is 4. The SMILES string of the molecule is Cc1ccc(-c2nnnn2C(C)C(C)C(=O)O)c(C)c1. The minimum Gasteiger partial charge on any atom is -0.481 e. The quantitative estimate of drug-likeness (QED) is 0.924. The van der Waals surface area contributed by atoms with Gasteiger partial charge in [0, 0.05) is 5.56 Å². The van der Waals surface area contributed by atoms with E-state index in [1.54, 1.807) is 11.6 Å². The van der Waals surface area contributed by atoms with E-state index in [9.17, 15) is 4.79 Å². The summed E-state index contributed by atoms with van der Waals surface area (Å²) in [6.07, 6.45) is 0. The third-order valence-corrected chi connectivity index (χ3v) is 3.61. The largest absolute Gasteiger partial charge is 0.481 e. The average molecular weight is 274 g/mol. The van der Waals surface area contributed by atoms with Crippen molar-refractivity contribution in [2.75, 3.05) is 0 Å². The zero-order chi connectivity index (χ0) is 14.9. The highest BCUT2D eigenvalue weighted by atomic mass is 16.4. The molecule has 2 atom stereocenters. The summed E-state index contributed by atoms with van der Waals surface area (Å²) in [5.41, 5.74) is 3.15. The van der Waals surface area contributed by atoms with E-state index < -0.39 is 11.9 Å². The van der Waals surface area contributed by atoms with Crippen LogP contribution in [0.15, 0.2) is 18.2 Å². The van der Waals surface area contributed by atoms with Gasteiger partial charge in [0.05, 0.1) is 12.0 Å². The number of carbonyl (C=O) groups is 1. The minimum absolute atomic E-state index is 0.321. The van der Waals surface area contributed by atoms with Gasteiger partial charge in [-0.25, -0.2) is 4.68 Å². The van der Waals surface area contributed by atoms with Gasteiger partial charge in [0.25, 0.3) is 0 Å². The highest BCUT2D eigenvalue weighted by Crippen LogP contribution is 2.26. The molecule has 0 aliphatic carbocycles. The Morgan fingerprint density at radius 3 is 2.60 bits per heavy atom. The first-order chi connectivity index (χ1) is 9.41. The molecule has 0 aliphatic rings. The average Bonchev–Trinajstić information content (AvgIpc) is 2.85. The Bertz CT molecular complexity index is 636. The predicted octanol–water partition coefficient (Wildman–Crippen LogP) is 2.24. The maximum absolute atomic E-state index is 11.1. The standard InChI is InChI=1S/C14H18N4O2/c1-8-5-6-12(9(2)7-8)13-15-16-17-18(13)11(4)10(3)14(19)20/h5-7,10-11H,1-4H3,(H,19,20). The summed E-state index contributed by atoms with van der Waals surface area (Å²) in [4.78, 5) is 11.1. The van der Waals surface area contributed by atoms with E-state index in [0.717, 1.165) is 16.7 Å². The molecule has 6 nitrogen and oxygen atoms in total. The molecule has 0 radical (unpaired) electrons. The predicted molar refractivity (Wildman–Crippen MR) is 74.2 cm³/mol. The van der Waals surface area contributed by atoms with Crippen LogP contribution in [0.4, 0.5) is 0 Å². The fourth-order valence-corrected chi connectivity index (χ4v) is 2.13. The van der Waals surface area contributed by atoms with Crippen molar-refractivity contribution in [3.8, 4) is 11.4 Å². The molecule has 20 heavy (non-hydrogen) atoms. The first-order valence-electron chi connectivity index (χ1n) is 6.50. The Hall–Kier alpha value is -2.24. The van der Waals surface area contributed by atoms with Crippen LogP contribution in [0.1, 0.15) is 31.0 Å². The fraction of sp³-hybridized carbons (Fsp3) is 0.429. The van der Waals surface area contributed by atoms with E-state index in [1.807, 2.05) is 32.9 Å². The van der Waals surface area contributed by atoms with Gasteiger partial charge < -0.3 is 5.11 Å². The highest BCUT2D eigenvalue weighted by Gasteiger charge is 2.25. The maximum Gasteiger partial charge on any atom is 0.308 e. The van der Waals surface area contributed by atoms with Crippen LogP contribution < -0.4 is 0 Å². The van der Waals surface area contributed by atoms with Crippen LogP contribution in [-0.4, -0.2) is 31.3 Å². The van der Waals surface area contributed by atoms with Crippen LogP contribution in [0.5, 0.6) is 0 Å². The number of carboxylic acid groups (broad SMARTS) is 1. The molecule has 0 amide bonds. The summed E-state index contributed by atoms with van der Waals surface area (Å²) < 4.78 is 1.58. The van der Waals surface area contributed by atoms with Crippen LogP contribution in [0.2, 0.25) is 0 Å². The van der Waals surface area contributed by atoms with Gasteiger partial charge in [-0.3, -0.25) is 4.79 Å². The second-order valence-corrected chi connectivity index (χ2v) is 5.13. The van der Waals surface area contributed by atoms with E-state index in [-0.39, 0.29) is 6.04 Å². The van der Waals surface area contributed by atoms with Gasteiger partial charge in [0.1, 0.15) is 0 Å². The van der Waals surface area contributed by atoms with E-state index in [2.05, 4.69) is 21.6 Å².